The van der Waals surface area contributed by atoms with Gasteiger partial charge in [0.15, 0.2) is 0 Å². The first kappa shape index (κ1) is 14.8. The first-order chi connectivity index (χ1) is 11.1. The highest BCUT2D eigenvalue weighted by atomic mass is 16.5. The molecule has 3 rings (SSSR count). The third-order valence-corrected chi connectivity index (χ3v) is 3.43. The van der Waals surface area contributed by atoms with Gasteiger partial charge >= 0.3 is 5.97 Å². The molecular weight excluding hydrogens is 294 g/mol. The predicted molar refractivity (Wildman–Crippen MR) is 85.7 cm³/mol. The van der Waals surface area contributed by atoms with Crippen molar-refractivity contribution >= 4 is 23.2 Å². The number of imidazole rings is 1. The zero-order valence-electron chi connectivity index (χ0n) is 12.7. The molecule has 2 heterocycles. The van der Waals surface area contributed by atoms with Crippen LogP contribution in [0.15, 0.2) is 48.8 Å². The smallest absolute Gasteiger partial charge is 0.339 e. The fourth-order valence-electron chi connectivity index (χ4n) is 2.26. The number of carbonyl (C=O) groups is 2. The molecule has 0 unspecified atom stereocenters. The summed E-state index contributed by atoms with van der Waals surface area (Å²) in [6.45, 7) is 1.96. The van der Waals surface area contributed by atoms with Gasteiger partial charge in [0.05, 0.1) is 18.4 Å². The second-order valence-corrected chi connectivity index (χ2v) is 5.09. The van der Waals surface area contributed by atoms with Crippen LogP contribution in [0, 0.1) is 6.92 Å². The minimum atomic E-state index is -0.508. The van der Waals surface area contributed by atoms with Gasteiger partial charge in [-0.15, -0.1) is 0 Å². The van der Waals surface area contributed by atoms with Crippen LogP contribution in [0.25, 0.3) is 5.65 Å². The molecule has 3 aromatic rings. The van der Waals surface area contributed by atoms with Gasteiger partial charge in [0.1, 0.15) is 11.3 Å². The highest BCUT2D eigenvalue weighted by molar-refractivity contribution is 6.07. The number of pyridine rings is 1. The van der Waals surface area contributed by atoms with Crippen molar-refractivity contribution in [1.29, 1.82) is 0 Å². The maximum Gasteiger partial charge on any atom is 0.339 e. The number of fused-ring (bicyclic) bond motifs is 1. The van der Waals surface area contributed by atoms with Gasteiger partial charge in [-0.3, -0.25) is 4.79 Å². The van der Waals surface area contributed by atoms with E-state index in [0.717, 1.165) is 5.56 Å². The molecule has 0 aliphatic carbocycles. The van der Waals surface area contributed by atoms with E-state index >= 15 is 0 Å². The Morgan fingerprint density at radius 3 is 2.78 bits per heavy atom. The topological polar surface area (TPSA) is 72.7 Å². The molecule has 1 N–H and O–H groups in total. The van der Waals surface area contributed by atoms with Crippen LogP contribution in [-0.2, 0) is 4.74 Å². The Balaban J connectivity index is 1.90. The molecule has 0 aliphatic heterocycles. The van der Waals surface area contributed by atoms with E-state index in [4.69, 9.17) is 4.74 Å². The number of esters is 1. The Hall–Kier alpha value is -3.15. The molecule has 0 fully saturated rings. The average Bonchev–Trinajstić information content (AvgIpc) is 2.98. The molecule has 0 radical (unpaired) electrons. The summed E-state index contributed by atoms with van der Waals surface area (Å²) in [5, 5.41) is 2.70. The molecule has 0 spiro atoms. The van der Waals surface area contributed by atoms with E-state index in [1.54, 1.807) is 34.9 Å². The third kappa shape index (κ3) is 2.91. The van der Waals surface area contributed by atoms with E-state index in [1.165, 1.54) is 7.11 Å². The molecule has 2 aromatic heterocycles. The second-order valence-electron chi connectivity index (χ2n) is 5.09. The van der Waals surface area contributed by atoms with Gasteiger partial charge < -0.3 is 14.5 Å². The van der Waals surface area contributed by atoms with Gasteiger partial charge in [-0.1, -0.05) is 12.1 Å². The van der Waals surface area contributed by atoms with E-state index in [1.807, 2.05) is 25.3 Å². The zero-order valence-corrected chi connectivity index (χ0v) is 12.7. The fourth-order valence-corrected chi connectivity index (χ4v) is 2.26. The number of rotatable bonds is 3. The van der Waals surface area contributed by atoms with Gasteiger partial charge in [0.25, 0.3) is 5.91 Å². The highest BCUT2D eigenvalue weighted by Crippen LogP contribution is 2.17. The van der Waals surface area contributed by atoms with Crippen LogP contribution in [0.4, 0.5) is 5.69 Å². The van der Waals surface area contributed by atoms with Crippen LogP contribution in [0.2, 0.25) is 0 Å². The van der Waals surface area contributed by atoms with Crippen LogP contribution in [-0.4, -0.2) is 28.4 Å². The lowest BCUT2D eigenvalue weighted by Crippen LogP contribution is -2.15. The fraction of sp³-hybridized carbons (Fsp3) is 0.118. The average molecular weight is 309 g/mol. The van der Waals surface area contributed by atoms with Crippen LogP contribution >= 0.6 is 0 Å². The number of methoxy groups -OCH3 is 1. The van der Waals surface area contributed by atoms with Crippen molar-refractivity contribution in [1.82, 2.24) is 9.38 Å². The third-order valence-electron chi connectivity index (χ3n) is 3.43. The summed E-state index contributed by atoms with van der Waals surface area (Å²) in [7, 11) is 1.30. The zero-order chi connectivity index (χ0) is 16.4. The molecule has 0 bridgehead atoms. The number of amides is 1. The molecule has 6 nitrogen and oxygen atoms in total. The van der Waals surface area contributed by atoms with Crippen molar-refractivity contribution in [2.24, 2.45) is 0 Å². The Kier molecular flexibility index (Phi) is 3.80. The monoisotopic (exact) mass is 309 g/mol. The van der Waals surface area contributed by atoms with E-state index in [2.05, 4.69) is 10.3 Å². The van der Waals surface area contributed by atoms with Gasteiger partial charge in [0, 0.05) is 12.4 Å². The predicted octanol–water partition coefficient (Wildman–Crippen LogP) is 2.68. The molecule has 0 saturated heterocycles. The number of nitrogens with one attached hydrogen (secondary N) is 1. The summed E-state index contributed by atoms with van der Waals surface area (Å²) in [5.74, 6) is -0.894. The Morgan fingerprint density at radius 1 is 1.22 bits per heavy atom. The molecule has 1 aromatic carbocycles. The largest absolute Gasteiger partial charge is 0.465 e. The molecule has 6 heteroatoms. The number of nitrogens with zero attached hydrogens (tertiary/aromatic N) is 2. The minimum absolute atomic E-state index is 0.273. The van der Waals surface area contributed by atoms with E-state index in [-0.39, 0.29) is 11.6 Å². The Bertz CT molecular complexity index is 899. The van der Waals surface area contributed by atoms with Gasteiger partial charge in [-0.2, -0.15) is 0 Å². The number of aryl methyl sites for hydroxylation is 1. The Labute approximate surface area is 132 Å². The molecular formula is C17H15N3O3. The van der Waals surface area contributed by atoms with Crippen molar-refractivity contribution in [2.45, 2.75) is 6.92 Å². The van der Waals surface area contributed by atoms with Gasteiger partial charge in [-0.05, 0) is 36.8 Å². The van der Waals surface area contributed by atoms with Gasteiger partial charge in [0.2, 0.25) is 0 Å². The summed E-state index contributed by atoms with van der Waals surface area (Å²) in [4.78, 5) is 28.4. The van der Waals surface area contributed by atoms with Crippen LogP contribution in [0.5, 0.6) is 0 Å². The summed E-state index contributed by atoms with van der Waals surface area (Å²) < 4.78 is 6.49. The molecule has 1 amide bonds. The molecule has 0 saturated carbocycles. The highest BCUT2D eigenvalue weighted by Gasteiger charge is 2.16. The number of ether oxygens (including phenoxy) is 1. The van der Waals surface area contributed by atoms with Gasteiger partial charge in [-0.25, -0.2) is 9.78 Å². The number of hydrogen-bond donors (Lipinski definition) is 1. The number of anilines is 1. The SMILES string of the molecule is COC(=O)c1ccccc1NC(=O)c1cn2ccc(C)cc2n1. The minimum Gasteiger partial charge on any atom is -0.465 e. The number of hydrogen-bond acceptors (Lipinski definition) is 4. The van der Waals surface area contributed by atoms with E-state index < -0.39 is 5.97 Å². The maximum absolute atomic E-state index is 12.4. The molecule has 23 heavy (non-hydrogen) atoms. The van der Waals surface area contributed by atoms with Crippen molar-refractivity contribution in [3.63, 3.8) is 0 Å². The van der Waals surface area contributed by atoms with Crippen LogP contribution in [0.1, 0.15) is 26.4 Å². The summed E-state index contributed by atoms with van der Waals surface area (Å²) in [5.41, 5.74) is 2.71. The summed E-state index contributed by atoms with van der Waals surface area (Å²) >= 11 is 0. The standard InChI is InChI=1S/C17H15N3O3/c1-11-7-8-20-10-14(18-15(20)9-11)16(21)19-13-6-4-3-5-12(13)17(22)23-2/h3-10H,1-2H3,(H,19,21). The number of para-hydroxylation sites is 1. The molecule has 0 aliphatic rings. The van der Waals surface area contributed by atoms with E-state index in [0.29, 0.717) is 16.9 Å². The van der Waals surface area contributed by atoms with Crippen molar-refractivity contribution < 1.29 is 14.3 Å². The first-order valence-corrected chi connectivity index (χ1v) is 7.02. The van der Waals surface area contributed by atoms with Crippen LogP contribution < -0.4 is 5.32 Å². The quantitative estimate of drug-likeness (QED) is 0.755. The van der Waals surface area contributed by atoms with Crippen LogP contribution in [0.3, 0.4) is 0 Å². The first-order valence-electron chi connectivity index (χ1n) is 7.02. The van der Waals surface area contributed by atoms with Crippen molar-refractivity contribution in [2.75, 3.05) is 12.4 Å². The molecule has 0 atom stereocenters. The van der Waals surface area contributed by atoms with Crippen molar-refractivity contribution in [3.8, 4) is 0 Å². The number of benzene rings is 1. The second kappa shape index (κ2) is 5.92. The lowest BCUT2D eigenvalue weighted by molar-refractivity contribution is 0.0602. The Morgan fingerprint density at radius 2 is 2.00 bits per heavy atom. The van der Waals surface area contributed by atoms with E-state index in [9.17, 15) is 9.59 Å². The summed E-state index contributed by atoms with van der Waals surface area (Å²) in [6, 6.07) is 10.5. The normalized spacial score (nSPS) is 10.5. The number of carbonyl (C=O) groups excluding carboxylic acids is 2. The summed E-state index contributed by atoms with van der Waals surface area (Å²) in [6.07, 6.45) is 3.49. The maximum atomic E-state index is 12.4. The number of aromatic nitrogens is 2. The lowest BCUT2D eigenvalue weighted by atomic mass is 10.2. The molecule has 116 valence electrons. The lowest BCUT2D eigenvalue weighted by Gasteiger charge is -2.08. The van der Waals surface area contributed by atoms with Crippen molar-refractivity contribution in [3.05, 3.63) is 65.6 Å².